The van der Waals surface area contributed by atoms with E-state index in [-0.39, 0.29) is 42.6 Å². The van der Waals surface area contributed by atoms with Gasteiger partial charge in [0.25, 0.3) is 0 Å². The third kappa shape index (κ3) is 5.37. The molecule has 0 aliphatic carbocycles. The summed E-state index contributed by atoms with van der Waals surface area (Å²) in [4.78, 5) is 14.7. The van der Waals surface area contributed by atoms with Crippen LogP contribution in [0.5, 0.6) is 0 Å². The van der Waals surface area contributed by atoms with E-state index < -0.39 is 0 Å². The molecule has 6 nitrogen and oxygen atoms in total. The molecule has 0 bridgehead atoms. The maximum absolute atomic E-state index is 12.6. The fraction of sp³-hybridized carbons (Fsp3) is 0.444. The van der Waals surface area contributed by atoms with Crippen molar-refractivity contribution in [3.8, 4) is 0 Å². The summed E-state index contributed by atoms with van der Waals surface area (Å²) >= 11 is 0. The summed E-state index contributed by atoms with van der Waals surface area (Å²) in [6.45, 7) is 2.97. The topological polar surface area (TPSA) is 62.2 Å². The number of rotatable bonds is 6. The molecule has 0 saturated carbocycles. The number of hydrogen-bond donors (Lipinski definition) is 2. The minimum absolute atomic E-state index is 0. The Labute approximate surface area is 167 Å². The van der Waals surface area contributed by atoms with Gasteiger partial charge in [0.15, 0.2) is 0 Å². The van der Waals surface area contributed by atoms with E-state index >= 15 is 0 Å². The van der Waals surface area contributed by atoms with E-state index in [0.29, 0.717) is 6.54 Å². The molecule has 0 spiro atoms. The van der Waals surface area contributed by atoms with Gasteiger partial charge in [-0.25, -0.2) is 0 Å². The lowest BCUT2D eigenvalue weighted by atomic mass is 9.90. The van der Waals surface area contributed by atoms with Crippen LogP contribution < -0.4 is 15.5 Å². The molecule has 2 aromatic rings. The molecule has 0 unspecified atom stereocenters. The molecule has 2 N–H and O–H groups in total. The molecule has 1 fully saturated rings. The van der Waals surface area contributed by atoms with Gasteiger partial charge in [-0.2, -0.15) is 5.10 Å². The van der Waals surface area contributed by atoms with E-state index in [2.05, 4.69) is 32.8 Å². The highest BCUT2D eigenvalue weighted by molar-refractivity contribution is 5.85. The summed E-state index contributed by atoms with van der Waals surface area (Å²) in [7, 11) is 3.94. The lowest BCUT2D eigenvalue weighted by Crippen LogP contribution is -2.38. The lowest BCUT2D eigenvalue weighted by molar-refractivity contribution is -0.124. The van der Waals surface area contributed by atoms with Crippen molar-refractivity contribution in [1.82, 2.24) is 20.4 Å². The van der Waals surface area contributed by atoms with Crippen LogP contribution in [-0.4, -0.2) is 48.9 Å². The van der Waals surface area contributed by atoms with Crippen LogP contribution in [0.1, 0.15) is 11.5 Å². The first-order valence-corrected chi connectivity index (χ1v) is 8.38. The van der Waals surface area contributed by atoms with Crippen molar-refractivity contribution < 1.29 is 4.79 Å². The maximum Gasteiger partial charge on any atom is 0.225 e. The van der Waals surface area contributed by atoms with E-state index in [1.807, 2.05) is 44.7 Å². The SMILES string of the molecule is CN(CCNC(=O)[C@H]1CNC[C@@H]1c1cnn(C)c1)c1ccccc1.Cl.Cl. The van der Waals surface area contributed by atoms with Gasteiger partial charge >= 0.3 is 0 Å². The highest BCUT2D eigenvalue weighted by atomic mass is 35.5. The molecule has 144 valence electrons. The molecule has 1 aromatic heterocycles. The molecule has 2 heterocycles. The van der Waals surface area contributed by atoms with E-state index in [1.54, 1.807) is 4.68 Å². The predicted molar refractivity (Wildman–Crippen MR) is 110 cm³/mol. The van der Waals surface area contributed by atoms with Gasteiger partial charge in [0.2, 0.25) is 5.91 Å². The van der Waals surface area contributed by atoms with E-state index in [0.717, 1.165) is 30.9 Å². The first kappa shape index (κ1) is 22.3. The van der Waals surface area contributed by atoms with Gasteiger partial charge < -0.3 is 15.5 Å². The van der Waals surface area contributed by atoms with Crippen LogP contribution in [0.15, 0.2) is 42.7 Å². The van der Waals surface area contributed by atoms with Crippen LogP contribution in [0, 0.1) is 5.92 Å². The van der Waals surface area contributed by atoms with Crippen LogP contribution in [0.3, 0.4) is 0 Å². The fourth-order valence-corrected chi connectivity index (χ4v) is 3.23. The number of anilines is 1. The van der Waals surface area contributed by atoms with Crippen LogP contribution in [-0.2, 0) is 11.8 Å². The summed E-state index contributed by atoms with van der Waals surface area (Å²) in [6, 6.07) is 10.2. The van der Waals surface area contributed by atoms with Crippen LogP contribution in [0.2, 0.25) is 0 Å². The lowest BCUT2D eigenvalue weighted by Gasteiger charge is -2.21. The minimum atomic E-state index is -0.0313. The molecule has 2 atom stereocenters. The van der Waals surface area contributed by atoms with Gasteiger partial charge in [0, 0.05) is 58.1 Å². The number of aromatic nitrogens is 2. The Morgan fingerprint density at radius 1 is 1.31 bits per heavy atom. The number of amides is 1. The average molecular weight is 400 g/mol. The highest BCUT2D eigenvalue weighted by Crippen LogP contribution is 2.27. The second-order valence-electron chi connectivity index (χ2n) is 6.37. The third-order valence-corrected chi connectivity index (χ3v) is 4.65. The molecule has 26 heavy (non-hydrogen) atoms. The van der Waals surface area contributed by atoms with Gasteiger partial charge in [-0.3, -0.25) is 9.48 Å². The predicted octanol–water partition coefficient (Wildman–Crippen LogP) is 1.82. The standard InChI is InChI=1S/C18H25N5O.2ClH/c1-22(15-6-4-3-5-7-15)9-8-20-18(24)17-12-19-11-16(17)14-10-21-23(2)13-14;;/h3-7,10,13,16-17,19H,8-9,11-12H2,1-2H3,(H,20,24);2*1H/t16-,17+;;/m1../s1. The van der Waals surface area contributed by atoms with E-state index in [9.17, 15) is 4.79 Å². The number of benzene rings is 1. The number of carbonyl (C=O) groups is 1. The van der Waals surface area contributed by atoms with Crippen molar-refractivity contribution in [3.63, 3.8) is 0 Å². The summed E-state index contributed by atoms with van der Waals surface area (Å²) in [5.74, 6) is 0.289. The first-order valence-electron chi connectivity index (χ1n) is 8.38. The highest BCUT2D eigenvalue weighted by Gasteiger charge is 2.34. The second-order valence-corrected chi connectivity index (χ2v) is 6.37. The smallest absolute Gasteiger partial charge is 0.225 e. The van der Waals surface area contributed by atoms with Crippen molar-refractivity contribution in [2.75, 3.05) is 38.1 Å². The average Bonchev–Trinajstić information content (AvgIpc) is 3.24. The Hall–Kier alpha value is -1.76. The Morgan fingerprint density at radius 2 is 2.04 bits per heavy atom. The number of nitrogens with one attached hydrogen (secondary N) is 2. The molecule has 1 saturated heterocycles. The zero-order chi connectivity index (χ0) is 16.9. The number of nitrogens with zero attached hydrogens (tertiary/aromatic N) is 3. The van der Waals surface area contributed by atoms with Gasteiger partial charge in [0.05, 0.1) is 12.1 Å². The van der Waals surface area contributed by atoms with E-state index in [1.165, 1.54) is 0 Å². The second kappa shape index (κ2) is 10.4. The Kier molecular flexibility index (Phi) is 8.92. The summed E-state index contributed by atoms with van der Waals surface area (Å²) in [6.07, 6.45) is 3.86. The van der Waals surface area contributed by atoms with Crippen molar-refractivity contribution >= 4 is 36.4 Å². The molecular formula is C18H27Cl2N5O. The quantitative estimate of drug-likeness (QED) is 0.777. The normalized spacial score (nSPS) is 18.5. The Bertz CT molecular complexity index is 679. The van der Waals surface area contributed by atoms with Crippen molar-refractivity contribution in [2.24, 2.45) is 13.0 Å². The zero-order valence-corrected chi connectivity index (χ0v) is 16.7. The Balaban J connectivity index is 0.00000169. The number of hydrogen-bond acceptors (Lipinski definition) is 4. The first-order chi connectivity index (χ1) is 11.6. The largest absolute Gasteiger partial charge is 0.373 e. The van der Waals surface area contributed by atoms with Crippen molar-refractivity contribution in [3.05, 3.63) is 48.3 Å². The summed E-state index contributed by atoms with van der Waals surface area (Å²) < 4.78 is 1.79. The number of halogens is 2. The van der Waals surface area contributed by atoms with Crippen LogP contribution in [0.25, 0.3) is 0 Å². The Morgan fingerprint density at radius 3 is 2.69 bits per heavy atom. The van der Waals surface area contributed by atoms with Gasteiger partial charge in [-0.1, -0.05) is 18.2 Å². The molecule has 1 aliphatic heterocycles. The maximum atomic E-state index is 12.6. The molecule has 1 aliphatic rings. The molecule has 3 rings (SSSR count). The molecule has 1 amide bonds. The number of aryl methyl sites for hydroxylation is 1. The third-order valence-electron chi connectivity index (χ3n) is 4.65. The van der Waals surface area contributed by atoms with Gasteiger partial charge in [-0.05, 0) is 17.7 Å². The number of para-hydroxylation sites is 1. The van der Waals surface area contributed by atoms with Gasteiger partial charge in [0.1, 0.15) is 0 Å². The fourth-order valence-electron chi connectivity index (χ4n) is 3.23. The monoisotopic (exact) mass is 399 g/mol. The van der Waals surface area contributed by atoms with Crippen molar-refractivity contribution in [2.45, 2.75) is 5.92 Å². The number of likely N-dealkylation sites (N-methyl/N-ethyl adjacent to an activating group) is 1. The zero-order valence-electron chi connectivity index (χ0n) is 15.1. The van der Waals surface area contributed by atoms with Crippen LogP contribution in [0.4, 0.5) is 5.69 Å². The van der Waals surface area contributed by atoms with Gasteiger partial charge in [-0.15, -0.1) is 24.8 Å². The molecule has 8 heteroatoms. The molecule has 0 radical (unpaired) electrons. The summed E-state index contributed by atoms with van der Waals surface area (Å²) in [5, 5.41) is 10.6. The van der Waals surface area contributed by atoms with Crippen molar-refractivity contribution in [1.29, 1.82) is 0 Å². The minimum Gasteiger partial charge on any atom is -0.373 e. The molecule has 1 aromatic carbocycles. The summed E-state index contributed by atoms with van der Waals surface area (Å²) in [5.41, 5.74) is 2.28. The number of carbonyl (C=O) groups excluding carboxylic acids is 1. The van der Waals surface area contributed by atoms with E-state index in [4.69, 9.17) is 0 Å². The van der Waals surface area contributed by atoms with Crippen LogP contribution >= 0.6 is 24.8 Å². The molecular weight excluding hydrogens is 373 g/mol.